The first kappa shape index (κ1) is 32.3. The number of nitrogens with one attached hydrogen (secondary N) is 2. The minimum Gasteiger partial charge on any atom is -0.392 e. The molecule has 0 bridgehead atoms. The van der Waals surface area contributed by atoms with Gasteiger partial charge < -0.3 is 19.9 Å². The Labute approximate surface area is 267 Å². The Morgan fingerprint density at radius 2 is 1.62 bits per heavy atom. The number of hydroxylamine groups is 1. The quantitative estimate of drug-likeness (QED) is 0.0823. The largest absolute Gasteiger partial charge is 0.392 e. The van der Waals surface area contributed by atoms with Gasteiger partial charge in [-0.05, 0) is 58.5 Å². The lowest BCUT2D eigenvalue weighted by molar-refractivity contribution is -0.245. The lowest BCUT2D eigenvalue weighted by Crippen LogP contribution is -2.31. The van der Waals surface area contributed by atoms with Gasteiger partial charge in [-0.25, -0.2) is 10.5 Å². The van der Waals surface area contributed by atoms with E-state index in [4.69, 9.17) is 14.7 Å². The van der Waals surface area contributed by atoms with Gasteiger partial charge in [-0.15, -0.1) is 11.8 Å². The molecule has 1 fully saturated rings. The Balaban J connectivity index is 1.28. The number of pyridine rings is 1. The zero-order chi connectivity index (χ0) is 31.4. The van der Waals surface area contributed by atoms with Gasteiger partial charge in [0.25, 0.3) is 0 Å². The molecule has 0 unspecified atom stereocenters. The molecule has 0 saturated carbocycles. The number of thioether (sulfide) groups is 1. The highest BCUT2D eigenvalue weighted by molar-refractivity contribution is 7.99. The molecule has 10 heteroatoms. The number of hydrogen-bond donors (Lipinski definition) is 4. The van der Waals surface area contributed by atoms with E-state index in [1.165, 1.54) is 0 Å². The molecule has 0 aliphatic carbocycles. The molecule has 234 valence electrons. The molecule has 45 heavy (non-hydrogen) atoms. The van der Waals surface area contributed by atoms with E-state index in [2.05, 4.69) is 16.4 Å². The first-order valence-corrected chi connectivity index (χ1v) is 15.9. The van der Waals surface area contributed by atoms with Crippen LogP contribution in [0.15, 0.2) is 102 Å². The fourth-order valence-corrected chi connectivity index (χ4v) is 6.00. The predicted octanol–water partition coefficient (Wildman–Crippen LogP) is 5.87. The van der Waals surface area contributed by atoms with E-state index in [1.54, 1.807) is 23.4 Å². The zero-order valence-electron chi connectivity index (χ0n) is 24.8. The molecule has 1 saturated heterocycles. The number of carbonyl (C=O) groups is 2. The van der Waals surface area contributed by atoms with E-state index in [1.807, 2.05) is 84.9 Å². The third kappa shape index (κ3) is 9.46. The summed E-state index contributed by atoms with van der Waals surface area (Å²) in [4.78, 5) is 27.8. The van der Waals surface area contributed by atoms with Crippen molar-refractivity contribution in [1.82, 2.24) is 15.8 Å². The highest BCUT2D eigenvalue weighted by Crippen LogP contribution is 2.40. The summed E-state index contributed by atoms with van der Waals surface area (Å²) in [6.07, 6.45) is 2.29. The fourth-order valence-electron chi connectivity index (χ4n) is 5.11. The smallest absolute Gasteiger partial charge is 0.243 e. The van der Waals surface area contributed by atoms with Crippen LogP contribution in [0.1, 0.15) is 60.3 Å². The lowest BCUT2D eigenvalue weighted by Gasteiger charge is -2.36. The summed E-state index contributed by atoms with van der Waals surface area (Å²) in [5, 5.41) is 21.9. The zero-order valence-corrected chi connectivity index (χ0v) is 25.6. The van der Waals surface area contributed by atoms with Crippen LogP contribution in [0.4, 0.5) is 0 Å². The van der Waals surface area contributed by atoms with Gasteiger partial charge >= 0.3 is 0 Å². The van der Waals surface area contributed by atoms with Crippen LogP contribution in [-0.4, -0.2) is 39.0 Å². The molecule has 1 aromatic heterocycles. The van der Waals surface area contributed by atoms with Gasteiger partial charge in [-0.2, -0.15) is 0 Å². The molecule has 2 amide bonds. The number of rotatable bonds is 13. The maximum Gasteiger partial charge on any atom is 0.243 e. The Bertz CT molecular complexity index is 1550. The second-order valence-electron chi connectivity index (χ2n) is 10.8. The van der Waals surface area contributed by atoms with Crippen molar-refractivity contribution in [3.05, 3.63) is 119 Å². The molecular formula is C35H37N3O6S. The molecule has 0 radical (unpaired) electrons. The first-order chi connectivity index (χ1) is 22.0. The average Bonchev–Trinajstić information content (AvgIpc) is 3.10. The third-order valence-electron chi connectivity index (χ3n) is 7.51. The van der Waals surface area contributed by atoms with Gasteiger partial charge in [0, 0.05) is 43.3 Å². The average molecular weight is 628 g/mol. The summed E-state index contributed by atoms with van der Waals surface area (Å²) >= 11 is 1.66. The van der Waals surface area contributed by atoms with Gasteiger partial charge in [0.05, 0.1) is 23.8 Å². The first-order valence-electron chi connectivity index (χ1n) is 14.9. The molecule has 9 nitrogen and oxygen atoms in total. The van der Waals surface area contributed by atoms with E-state index in [0.29, 0.717) is 19.4 Å². The number of aliphatic hydroxyl groups excluding tert-OH is 1. The van der Waals surface area contributed by atoms with Gasteiger partial charge in [-0.1, -0.05) is 66.7 Å². The third-order valence-corrected chi connectivity index (χ3v) is 8.59. The summed E-state index contributed by atoms with van der Waals surface area (Å²) in [7, 11) is 0. The summed E-state index contributed by atoms with van der Waals surface area (Å²) < 4.78 is 13.1. The molecule has 4 aromatic rings. The number of aliphatic hydroxyl groups is 1. The predicted molar refractivity (Wildman–Crippen MR) is 171 cm³/mol. The van der Waals surface area contributed by atoms with E-state index in [0.717, 1.165) is 44.2 Å². The minimum atomic E-state index is -0.578. The van der Waals surface area contributed by atoms with Crippen molar-refractivity contribution in [2.45, 2.75) is 62.4 Å². The molecule has 4 N–H and O–H groups in total. The molecular weight excluding hydrogens is 590 g/mol. The maximum absolute atomic E-state index is 12.2. The Kier molecular flexibility index (Phi) is 11.7. The van der Waals surface area contributed by atoms with Crippen molar-refractivity contribution >= 4 is 23.6 Å². The van der Waals surface area contributed by atoms with Crippen molar-refractivity contribution in [2.75, 3.05) is 5.75 Å². The number of aromatic nitrogens is 1. The fraction of sp³-hybridized carbons (Fsp3) is 0.286. The van der Waals surface area contributed by atoms with Crippen LogP contribution in [0.3, 0.4) is 0 Å². The second-order valence-corrected chi connectivity index (χ2v) is 11.9. The van der Waals surface area contributed by atoms with E-state index in [-0.39, 0.29) is 37.6 Å². The highest BCUT2D eigenvalue weighted by atomic mass is 32.2. The number of carbonyl (C=O) groups excluding carboxylic acids is 2. The van der Waals surface area contributed by atoms with E-state index < -0.39 is 12.2 Å². The highest BCUT2D eigenvalue weighted by Gasteiger charge is 2.32. The molecule has 5 rings (SSSR count). The number of nitrogens with zero attached hydrogens (tertiary/aromatic N) is 1. The SMILES string of the molecule is O=C(CCCC(=O)NCc1cccc(-c2cccc([C@H]3O[C@@H](CSc4ccccn4)C[C@@H](c4ccc(CO)cc4)O3)c2)c1)NO. The van der Waals surface area contributed by atoms with Crippen molar-refractivity contribution in [3.63, 3.8) is 0 Å². The minimum absolute atomic E-state index is 0.00719. The van der Waals surface area contributed by atoms with Crippen LogP contribution in [0.5, 0.6) is 0 Å². The van der Waals surface area contributed by atoms with Crippen LogP contribution >= 0.6 is 11.8 Å². The maximum atomic E-state index is 12.2. The van der Waals surface area contributed by atoms with E-state index >= 15 is 0 Å². The van der Waals surface area contributed by atoms with Crippen LogP contribution in [0, 0.1) is 0 Å². The van der Waals surface area contributed by atoms with Crippen molar-refractivity contribution in [2.24, 2.45) is 0 Å². The topological polar surface area (TPSA) is 130 Å². The van der Waals surface area contributed by atoms with Gasteiger partial charge in [0.1, 0.15) is 0 Å². The van der Waals surface area contributed by atoms with Gasteiger partial charge in [-0.3, -0.25) is 14.8 Å². The standard InChI is InChI=1S/C35H37N3O6S/c39-22-24-13-15-26(16-14-24)31-20-30(23-45-34-12-1-2-17-36-34)43-35(44-31)29-9-4-8-28(19-29)27-7-3-6-25(18-27)21-37-32(40)10-5-11-33(41)38-42/h1-4,6-9,12-19,30-31,35,39,42H,5,10-11,20-23H2,(H,37,40)(H,38,41)/t30-,31+,35+/m1/s1. The Morgan fingerprint density at radius 1 is 0.844 bits per heavy atom. The lowest BCUT2D eigenvalue weighted by atomic mass is 9.99. The summed E-state index contributed by atoms with van der Waals surface area (Å²) in [5.74, 6) is 0.0633. The number of amides is 2. The molecule has 1 aliphatic heterocycles. The molecule has 2 heterocycles. The monoisotopic (exact) mass is 627 g/mol. The summed E-state index contributed by atoms with van der Waals surface area (Å²) in [5.41, 5.74) is 7.31. The van der Waals surface area contributed by atoms with Crippen molar-refractivity contribution in [1.29, 1.82) is 0 Å². The number of hydrogen-bond acceptors (Lipinski definition) is 8. The Hall–Kier alpha value is -4.06. The molecule has 0 spiro atoms. The van der Waals surface area contributed by atoms with E-state index in [9.17, 15) is 14.7 Å². The normalized spacial score (nSPS) is 17.9. The summed E-state index contributed by atoms with van der Waals surface area (Å²) in [6.45, 7) is 0.354. The van der Waals surface area contributed by atoms with Crippen LogP contribution in [-0.2, 0) is 32.2 Å². The number of ether oxygens (including phenoxy) is 2. The van der Waals surface area contributed by atoms with Gasteiger partial charge in [0.2, 0.25) is 11.8 Å². The van der Waals surface area contributed by atoms with Crippen LogP contribution in [0.25, 0.3) is 11.1 Å². The van der Waals surface area contributed by atoms with Gasteiger partial charge in [0.15, 0.2) is 6.29 Å². The Morgan fingerprint density at radius 3 is 2.38 bits per heavy atom. The van der Waals surface area contributed by atoms with Crippen LogP contribution < -0.4 is 10.8 Å². The van der Waals surface area contributed by atoms with Crippen LogP contribution in [0.2, 0.25) is 0 Å². The molecule has 3 atom stereocenters. The van der Waals surface area contributed by atoms with Crippen molar-refractivity contribution < 1.29 is 29.4 Å². The summed E-state index contributed by atoms with van der Waals surface area (Å²) in [6, 6.07) is 29.8. The molecule has 1 aliphatic rings. The molecule has 3 aromatic carbocycles. The van der Waals surface area contributed by atoms with Crippen molar-refractivity contribution in [3.8, 4) is 11.1 Å². The second kappa shape index (κ2) is 16.3. The number of benzene rings is 3.